The van der Waals surface area contributed by atoms with E-state index in [9.17, 15) is 4.79 Å². The molecule has 2 heterocycles. The monoisotopic (exact) mass is 440 g/mol. The molecule has 0 radical (unpaired) electrons. The van der Waals surface area contributed by atoms with Gasteiger partial charge in [0.15, 0.2) is 5.79 Å². The van der Waals surface area contributed by atoms with Gasteiger partial charge in [0.25, 0.3) is 0 Å². The molecule has 29 heavy (non-hydrogen) atoms. The highest BCUT2D eigenvalue weighted by atomic mass is 35.5. The van der Waals surface area contributed by atoms with Gasteiger partial charge in [-0.3, -0.25) is 9.69 Å². The molecular formula is C22H30Cl2N2O3. The van der Waals surface area contributed by atoms with E-state index >= 15 is 0 Å². The highest BCUT2D eigenvalue weighted by Gasteiger charge is 2.48. The summed E-state index contributed by atoms with van der Waals surface area (Å²) in [6, 6.07) is 5.85. The molecule has 0 N–H and O–H groups in total. The van der Waals surface area contributed by atoms with Crippen LogP contribution < -0.4 is 0 Å². The van der Waals surface area contributed by atoms with Crippen LogP contribution in [0.5, 0.6) is 0 Å². The van der Waals surface area contributed by atoms with Crippen LogP contribution >= 0.6 is 23.2 Å². The molecule has 1 spiro atoms. The number of ether oxygens (including phenoxy) is 2. The molecular weight excluding hydrogens is 411 g/mol. The Hall–Kier alpha value is -0.850. The van der Waals surface area contributed by atoms with Gasteiger partial charge in [0.2, 0.25) is 5.91 Å². The molecule has 1 aromatic carbocycles. The van der Waals surface area contributed by atoms with Crippen LogP contribution in [0.3, 0.4) is 0 Å². The lowest BCUT2D eigenvalue weighted by molar-refractivity contribution is -0.200. The number of nitrogens with zero attached hydrogens (tertiary/aromatic N) is 2. The van der Waals surface area contributed by atoms with E-state index in [1.807, 2.05) is 18.0 Å². The van der Waals surface area contributed by atoms with Gasteiger partial charge in [-0.1, -0.05) is 35.7 Å². The van der Waals surface area contributed by atoms with Crippen LogP contribution in [0.15, 0.2) is 18.2 Å². The third-order valence-electron chi connectivity index (χ3n) is 6.69. The van der Waals surface area contributed by atoms with Crippen LogP contribution in [0.2, 0.25) is 10.0 Å². The average Bonchev–Trinajstić information content (AvgIpc) is 3.18. The maximum atomic E-state index is 13.1. The Morgan fingerprint density at radius 2 is 1.90 bits per heavy atom. The Bertz CT molecular complexity index is 733. The normalized spacial score (nSPS) is 27.3. The minimum Gasteiger partial charge on any atom is -0.347 e. The van der Waals surface area contributed by atoms with Crippen molar-refractivity contribution in [3.8, 4) is 0 Å². The molecule has 1 amide bonds. The van der Waals surface area contributed by atoms with E-state index in [4.69, 9.17) is 32.7 Å². The molecule has 2 aliphatic heterocycles. The smallest absolute Gasteiger partial charge is 0.227 e. The molecule has 3 fully saturated rings. The first-order valence-electron chi connectivity index (χ1n) is 10.7. The van der Waals surface area contributed by atoms with Gasteiger partial charge in [-0.15, -0.1) is 0 Å². The first-order chi connectivity index (χ1) is 14.0. The number of likely N-dealkylation sites (tertiary alicyclic amines) is 1. The lowest BCUT2D eigenvalue weighted by Crippen LogP contribution is -2.60. The van der Waals surface area contributed by atoms with Gasteiger partial charge in [0.1, 0.15) is 0 Å². The summed E-state index contributed by atoms with van der Waals surface area (Å²) in [5.74, 6) is -0.341. The van der Waals surface area contributed by atoms with E-state index < -0.39 is 5.79 Å². The fourth-order valence-corrected chi connectivity index (χ4v) is 5.40. The number of likely N-dealkylation sites (N-methyl/N-ethyl adjacent to an activating group) is 1. The number of halogens is 2. The quantitative estimate of drug-likeness (QED) is 0.704. The predicted molar refractivity (Wildman–Crippen MR) is 114 cm³/mol. The number of hydrogen-bond donors (Lipinski definition) is 0. The second-order valence-electron chi connectivity index (χ2n) is 8.51. The van der Waals surface area contributed by atoms with Crippen molar-refractivity contribution in [2.75, 3.05) is 33.4 Å². The predicted octanol–water partition coefficient (Wildman–Crippen LogP) is 4.14. The molecule has 2 unspecified atom stereocenters. The number of amides is 1. The molecule has 1 aromatic rings. The van der Waals surface area contributed by atoms with E-state index in [1.54, 1.807) is 12.1 Å². The van der Waals surface area contributed by atoms with Crippen LogP contribution in [-0.4, -0.2) is 66.9 Å². The highest BCUT2D eigenvalue weighted by Crippen LogP contribution is 2.40. The van der Waals surface area contributed by atoms with E-state index in [1.165, 1.54) is 19.3 Å². The topological polar surface area (TPSA) is 42.0 Å². The zero-order chi connectivity index (χ0) is 20.4. The summed E-state index contributed by atoms with van der Waals surface area (Å²) in [5, 5.41) is 0.997. The Kier molecular flexibility index (Phi) is 6.72. The van der Waals surface area contributed by atoms with Crippen molar-refractivity contribution < 1.29 is 14.3 Å². The van der Waals surface area contributed by atoms with E-state index in [2.05, 4.69) is 4.90 Å². The van der Waals surface area contributed by atoms with Gasteiger partial charge in [-0.05, 0) is 50.0 Å². The molecule has 0 aromatic heterocycles. The van der Waals surface area contributed by atoms with Gasteiger partial charge in [-0.25, -0.2) is 0 Å². The molecule has 0 bridgehead atoms. The van der Waals surface area contributed by atoms with Crippen molar-refractivity contribution in [2.24, 2.45) is 0 Å². The first-order valence-corrected chi connectivity index (χ1v) is 11.4. The van der Waals surface area contributed by atoms with E-state index in [-0.39, 0.29) is 18.0 Å². The molecule has 2 saturated heterocycles. The van der Waals surface area contributed by atoms with Gasteiger partial charge in [0.05, 0.1) is 29.7 Å². The summed E-state index contributed by atoms with van der Waals surface area (Å²) < 4.78 is 12.1. The highest BCUT2D eigenvalue weighted by molar-refractivity contribution is 6.42. The Balaban J connectivity index is 1.48. The lowest BCUT2D eigenvalue weighted by atomic mass is 9.83. The molecule has 3 aliphatic rings. The average molecular weight is 441 g/mol. The minimum absolute atomic E-state index is 0.111. The van der Waals surface area contributed by atoms with Crippen LogP contribution in [-0.2, 0) is 20.7 Å². The summed E-state index contributed by atoms with van der Waals surface area (Å²) in [7, 11) is 1.94. The van der Waals surface area contributed by atoms with Crippen LogP contribution in [0.1, 0.15) is 44.1 Å². The molecule has 2 atom stereocenters. The summed E-state index contributed by atoms with van der Waals surface area (Å²) in [5.41, 5.74) is 0.889. The fraction of sp³-hybridized carbons (Fsp3) is 0.682. The first kappa shape index (κ1) is 21.4. The molecule has 1 saturated carbocycles. The molecule has 160 valence electrons. The molecule has 7 heteroatoms. The molecule has 1 aliphatic carbocycles. The number of hydrogen-bond acceptors (Lipinski definition) is 4. The number of carbonyl (C=O) groups is 1. The van der Waals surface area contributed by atoms with Crippen LogP contribution in [0.4, 0.5) is 0 Å². The van der Waals surface area contributed by atoms with Crippen LogP contribution in [0.25, 0.3) is 0 Å². The summed E-state index contributed by atoms with van der Waals surface area (Å²) in [6.07, 6.45) is 6.63. The van der Waals surface area contributed by atoms with Gasteiger partial charge < -0.3 is 14.4 Å². The second-order valence-corrected chi connectivity index (χ2v) is 9.33. The van der Waals surface area contributed by atoms with Crippen molar-refractivity contribution >= 4 is 29.1 Å². The Morgan fingerprint density at radius 1 is 1.17 bits per heavy atom. The lowest BCUT2D eigenvalue weighted by Gasteiger charge is -2.49. The maximum Gasteiger partial charge on any atom is 0.227 e. The van der Waals surface area contributed by atoms with Crippen molar-refractivity contribution in [2.45, 2.75) is 62.8 Å². The summed E-state index contributed by atoms with van der Waals surface area (Å²) in [4.78, 5) is 17.6. The van der Waals surface area contributed by atoms with E-state index in [0.717, 1.165) is 37.9 Å². The summed E-state index contributed by atoms with van der Waals surface area (Å²) >= 11 is 12.1. The number of carbonyl (C=O) groups excluding carboxylic acids is 1. The third-order valence-corrected chi connectivity index (χ3v) is 7.43. The Morgan fingerprint density at radius 3 is 2.59 bits per heavy atom. The number of piperidine rings is 1. The van der Waals surface area contributed by atoms with Crippen molar-refractivity contribution in [1.29, 1.82) is 0 Å². The van der Waals surface area contributed by atoms with E-state index in [0.29, 0.717) is 29.7 Å². The third kappa shape index (κ3) is 4.75. The maximum absolute atomic E-state index is 13.1. The van der Waals surface area contributed by atoms with Gasteiger partial charge >= 0.3 is 0 Å². The SMILES string of the molecule is CN(C(=O)Cc1ccc(Cl)c(Cl)c1)C1CCC2(CC1N1CCCCC1)OCCO2. The molecule has 4 rings (SSSR count). The second kappa shape index (κ2) is 9.11. The number of benzene rings is 1. The van der Waals surface area contributed by atoms with Gasteiger partial charge in [0, 0.05) is 32.0 Å². The van der Waals surface area contributed by atoms with Crippen molar-refractivity contribution in [3.05, 3.63) is 33.8 Å². The number of rotatable bonds is 4. The zero-order valence-corrected chi connectivity index (χ0v) is 18.6. The largest absolute Gasteiger partial charge is 0.347 e. The van der Waals surface area contributed by atoms with Gasteiger partial charge in [-0.2, -0.15) is 0 Å². The van der Waals surface area contributed by atoms with Crippen molar-refractivity contribution in [1.82, 2.24) is 9.80 Å². The Labute approximate surface area is 183 Å². The fourth-order valence-electron chi connectivity index (χ4n) is 5.08. The standard InChI is InChI=1S/C22H30Cl2N2O3/c1-25(21(27)14-16-5-6-17(23)18(24)13-16)19-7-8-22(28-11-12-29-22)15-20(19)26-9-3-2-4-10-26/h5-6,13,19-20H,2-4,7-12,14-15H2,1H3. The van der Waals surface area contributed by atoms with Crippen LogP contribution in [0, 0.1) is 0 Å². The summed E-state index contributed by atoms with van der Waals surface area (Å²) in [6.45, 7) is 3.52. The van der Waals surface area contributed by atoms with Crippen molar-refractivity contribution in [3.63, 3.8) is 0 Å². The minimum atomic E-state index is -0.452. The molecule has 5 nitrogen and oxygen atoms in total. The zero-order valence-electron chi connectivity index (χ0n) is 17.0.